The molecule has 18 heavy (non-hydrogen) atoms. The number of alkyl halides is 2. The third-order valence-corrected chi connectivity index (χ3v) is 3.01. The number of carbonyl (C=O) groups excluding carboxylic acids is 1. The number of rotatable bonds is 7. The average Bonchev–Trinajstić information content (AvgIpc) is 2.34. The van der Waals surface area contributed by atoms with Gasteiger partial charge < -0.3 is 10.4 Å². The molecule has 0 saturated heterocycles. The molecule has 100 valence electrons. The number of hydrogen-bond donors (Lipinski definition) is 2. The van der Waals surface area contributed by atoms with Crippen molar-refractivity contribution in [2.24, 2.45) is 0 Å². The van der Waals surface area contributed by atoms with E-state index >= 15 is 0 Å². The molecule has 0 aliphatic rings. The monoisotopic (exact) mass is 275 g/mol. The number of hydrogen-bond acceptors (Lipinski definition) is 3. The molecule has 6 heteroatoms. The van der Waals surface area contributed by atoms with E-state index in [0.717, 1.165) is 0 Å². The minimum absolute atomic E-state index is 0.0771. The van der Waals surface area contributed by atoms with Crippen LogP contribution >= 0.6 is 11.8 Å². The standard InChI is InChI=1S/C12H15F2NO2S/c13-12(14)18-10-6-2-1-5-9(10)11(17)15-7-3-4-8-16/h1-2,5-6,12,16H,3-4,7-8H2,(H,15,17). The van der Waals surface area contributed by atoms with Crippen LogP contribution in [0.25, 0.3) is 0 Å². The highest BCUT2D eigenvalue weighted by molar-refractivity contribution is 7.99. The summed E-state index contributed by atoms with van der Waals surface area (Å²) in [6, 6.07) is 6.27. The van der Waals surface area contributed by atoms with Gasteiger partial charge in [0, 0.05) is 18.0 Å². The number of halogens is 2. The molecule has 1 aromatic carbocycles. The van der Waals surface area contributed by atoms with Gasteiger partial charge in [-0.15, -0.1) is 0 Å². The van der Waals surface area contributed by atoms with E-state index in [1.807, 2.05) is 0 Å². The molecule has 1 aromatic rings. The van der Waals surface area contributed by atoms with Gasteiger partial charge in [0.1, 0.15) is 0 Å². The molecule has 0 unspecified atom stereocenters. The first-order chi connectivity index (χ1) is 8.65. The van der Waals surface area contributed by atoms with Gasteiger partial charge in [0.15, 0.2) is 0 Å². The molecule has 0 atom stereocenters. The van der Waals surface area contributed by atoms with Crippen molar-refractivity contribution in [3.63, 3.8) is 0 Å². The fraction of sp³-hybridized carbons (Fsp3) is 0.417. The van der Waals surface area contributed by atoms with Crippen LogP contribution in [-0.2, 0) is 0 Å². The minimum atomic E-state index is -2.55. The first kappa shape index (κ1) is 14.9. The molecule has 0 radical (unpaired) electrons. The van der Waals surface area contributed by atoms with Crippen LogP contribution in [0.1, 0.15) is 23.2 Å². The number of amides is 1. The lowest BCUT2D eigenvalue weighted by atomic mass is 10.2. The fourth-order valence-electron chi connectivity index (χ4n) is 1.39. The number of benzene rings is 1. The second-order valence-electron chi connectivity index (χ2n) is 3.56. The Kier molecular flexibility index (Phi) is 6.67. The van der Waals surface area contributed by atoms with Crippen molar-refractivity contribution >= 4 is 17.7 Å². The molecule has 0 saturated carbocycles. The van der Waals surface area contributed by atoms with Crippen LogP contribution in [-0.4, -0.2) is 29.9 Å². The van der Waals surface area contributed by atoms with Gasteiger partial charge in [0.25, 0.3) is 11.7 Å². The normalized spacial score (nSPS) is 10.7. The molecule has 1 amide bonds. The van der Waals surface area contributed by atoms with E-state index in [1.54, 1.807) is 12.1 Å². The van der Waals surface area contributed by atoms with Crippen molar-refractivity contribution in [2.45, 2.75) is 23.5 Å². The van der Waals surface area contributed by atoms with Gasteiger partial charge in [-0.3, -0.25) is 4.79 Å². The summed E-state index contributed by atoms with van der Waals surface area (Å²) in [5.74, 6) is -2.91. The summed E-state index contributed by atoms with van der Waals surface area (Å²) in [7, 11) is 0. The molecule has 0 heterocycles. The Morgan fingerprint density at radius 3 is 2.72 bits per heavy atom. The van der Waals surface area contributed by atoms with Crippen molar-refractivity contribution in [3.05, 3.63) is 29.8 Å². The smallest absolute Gasteiger partial charge is 0.288 e. The molecule has 0 aliphatic heterocycles. The molecule has 0 bridgehead atoms. The minimum Gasteiger partial charge on any atom is -0.396 e. The van der Waals surface area contributed by atoms with E-state index in [4.69, 9.17) is 5.11 Å². The predicted molar refractivity (Wildman–Crippen MR) is 67.0 cm³/mol. The molecule has 3 nitrogen and oxygen atoms in total. The molecule has 0 spiro atoms. The molecule has 0 aromatic heterocycles. The molecular formula is C12H15F2NO2S. The predicted octanol–water partition coefficient (Wildman–Crippen LogP) is 2.50. The summed E-state index contributed by atoms with van der Waals surface area (Å²) in [4.78, 5) is 12.0. The number of aliphatic hydroxyl groups is 1. The van der Waals surface area contributed by atoms with E-state index < -0.39 is 5.76 Å². The second-order valence-corrected chi connectivity index (χ2v) is 4.59. The summed E-state index contributed by atoms with van der Waals surface area (Å²) in [6.45, 7) is 0.501. The van der Waals surface area contributed by atoms with Gasteiger partial charge in [-0.1, -0.05) is 23.9 Å². The second kappa shape index (κ2) is 8.05. The Morgan fingerprint density at radius 1 is 1.33 bits per heavy atom. The van der Waals surface area contributed by atoms with Crippen LogP contribution in [0.5, 0.6) is 0 Å². The zero-order valence-corrected chi connectivity index (χ0v) is 10.6. The Labute approximate surface area is 109 Å². The lowest BCUT2D eigenvalue weighted by Gasteiger charge is -2.09. The lowest BCUT2D eigenvalue weighted by Crippen LogP contribution is -2.25. The molecule has 0 fully saturated rings. The average molecular weight is 275 g/mol. The summed E-state index contributed by atoms with van der Waals surface area (Å²) in [5, 5.41) is 11.2. The van der Waals surface area contributed by atoms with Gasteiger partial charge in [-0.25, -0.2) is 0 Å². The number of aliphatic hydroxyl groups excluding tert-OH is 1. The van der Waals surface area contributed by atoms with E-state index in [1.165, 1.54) is 12.1 Å². The van der Waals surface area contributed by atoms with Crippen molar-refractivity contribution < 1.29 is 18.7 Å². The Bertz CT molecular complexity index is 388. The molecule has 0 aliphatic carbocycles. The summed E-state index contributed by atoms with van der Waals surface area (Å²) >= 11 is 0.363. The van der Waals surface area contributed by atoms with Crippen LogP contribution in [0, 0.1) is 0 Å². The summed E-state index contributed by atoms with van der Waals surface area (Å²) in [5.41, 5.74) is 0.256. The maximum absolute atomic E-state index is 12.3. The fourth-order valence-corrected chi connectivity index (χ4v) is 2.02. The van der Waals surface area contributed by atoms with E-state index in [2.05, 4.69) is 5.32 Å². The highest BCUT2D eigenvalue weighted by Gasteiger charge is 2.14. The highest BCUT2D eigenvalue weighted by atomic mass is 32.2. The Hall–Kier alpha value is -1.14. The van der Waals surface area contributed by atoms with Gasteiger partial charge >= 0.3 is 0 Å². The highest BCUT2D eigenvalue weighted by Crippen LogP contribution is 2.28. The molecule has 2 N–H and O–H groups in total. The molecule has 1 rings (SSSR count). The lowest BCUT2D eigenvalue weighted by molar-refractivity contribution is 0.0949. The SMILES string of the molecule is O=C(NCCCCO)c1ccccc1SC(F)F. The summed E-state index contributed by atoms with van der Waals surface area (Å²) < 4.78 is 24.6. The maximum atomic E-state index is 12.3. The van der Waals surface area contributed by atoms with Crippen LogP contribution in [0.4, 0.5) is 8.78 Å². The van der Waals surface area contributed by atoms with Crippen LogP contribution in [0.3, 0.4) is 0 Å². The topological polar surface area (TPSA) is 49.3 Å². The van der Waals surface area contributed by atoms with Crippen LogP contribution in [0.2, 0.25) is 0 Å². The molecular weight excluding hydrogens is 260 g/mol. The van der Waals surface area contributed by atoms with Crippen molar-refractivity contribution in [3.8, 4) is 0 Å². The van der Waals surface area contributed by atoms with Crippen molar-refractivity contribution in [2.75, 3.05) is 13.2 Å². The van der Waals surface area contributed by atoms with Gasteiger partial charge in [-0.05, 0) is 25.0 Å². The number of carbonyl (C=O) groups is 1. The van der Waals surface area contributed by atoms with Gasteiger partial charge in [0.05, 0.1) is 5.56 Å². The maximum Gasteiger partial charge on any atom is 0.288 e. The van der Waals surface area contributed by atoms with E-state index in [0.29, 0.717) is 31.1 Å². The third-order valence-electron chi connectivity index (χ3n) is 2.22. The Balaban J connectivity index is 2.61. The Morgan fingerprint density at radius 2 is 2.06 bits per heavy atom. The first-order valence-electron chi connectivity index (χ1n) is 5.58. The van der Waals surface area contributed by atoms with Crippen molar-refractivity contribution in [1.29, 1.82) is 0 Å². The van der Waals surface area contributed by atoms with Crippen molar-refractivity contribution in [1.82, 2.24) is 5.32 Å². The first-order valence-corrected chi connectivity index (χ1v) is 6.46. The van der Waals surface area contributed by atoms with Gasteiger partial charge in [-0.2, -0.15) is 8.78 Å². The van der Waals surface area contributed by atoms with Crippen LogP contribution in [0.15, 0.2) is 29.2 Å². The van der Waals surface area contributed by atoms with Gasteiger partial charge in [0.2, 0.25) is 0 Å². The van der Waals surface area contributed by atoms with E-state index in [9.17, 15) is 13.6 Å². The zero-order chi connectivity index (χ0) is 13.4. The largest absolute Gasteiger partial charge is 0.396 e. The third kappa shape index (κ3) is 5.01. The zero-order valence-electron chi connectivity index (χ0n) is 9.73. The number of thioether (sulfide) groups is 1. The summed E-state index contributed by atoms with van der Waals surface area (Å²) in [6.07, 6.45) is 1.26. The number of unbranched alkanes of at least 4 members (excludes halogenated alkanes) is 1. The van der Waals surface area contributed by atoms with Crippen LogP contribution < -0.4 is 5.32 Å². The number of nitrogens with one attached hydrogen (secondary N) is 1. The van der Waals surface area contributed by atoms with E-state index in [-0.39, 0.29) is 23.0 Å². The quantitative estimate of drug-likeness (QED) is 0.594.